The minimum Gasteiger partial charge on any atom is -0.480 e. The number of rotatable bonds is 4. The first-order valence-electron chi connectivity index (χ1n) is 5.20. The Kier molecular flexibility index (Phi) is 4.29. The van der Waals surface area contributed by atoms with Crippen molar-refractivity contribution < 1.29 is 19.1 Å². The van der Waals surface area contributed by atoms with Crippen LogP contribution in [-0.2, 0) is 16.0 Å². The molecule has 0 fully saturated rings. The predicted octanol–water partition coefficient (Wildman–Crippen LogP) is 1.86. The molecule has 1 aromatic rings. The number of carbonyl (C=O) groups excluding carboxylic acids is 1. The molecule has 0 aliphatic carbocycles. The van der Waals surface area contributed by atoms with Crippen molar-refractivity contribution in [3.63, 3.8) is 0 Å². The van der Waals surface area contributed by atoms with Crippen LogP contribution in [-0.4, -0.2) is 24.0 Å². The Labute approximate surface area is 109 Å². The molecule has 18 heavy (non-hydrogen) atoms. The van der Waals surface area contributed by atoms with Gasteiger partial charge in [0.25, 0.3) is 0 Å². The highest BCUT2D eigenvalue weighted by Crippen LogP contribution is 2.25. The van der Waals surface area contributed by atoms with E-state index in [0.717, 1.165) is 6.07 Å². The molecule has 6 heteroatoms. The molecule has 2 N–H and O–H groups in total. The van der Waals surface area contributed by atoms with Gasteiger partial charge in [-0.3, -0.25) is 9.59 Å². The molecule has 0 bridgehead atoms. The predicted molar refractivity (Wildman–Crippen MR) is 64.9 cm³/mol. The number of carboxylic acids is 1. The summed E-state index contributed by atoms with van der Waals surface area (Å²) < 4.78 is 13.3. The fraction of sp³-hybridized carbons (Fsp3) is 0.333. The Hall–Kier alpha value is -1.62. The SMILES string of the molecule is CNC(=O)C(C)(Cc1ccc(Cl)c(F)c1)C(=O)O. The summed E-state index contributed by atoms with van der Waals surface area (Å²) in [5.74, 6) is -2.54. The summed E-state index contributed by atoms with van der Waals surface area (Å²) in [6.07, 6.45) is -0.115. The fourth-order valence-electron chi connectivity index (χ4n) is 1.59. The number of nitrogens with one attached hydrogen (secondary N) is 1. The van der Waals surface area contributed by atoms with Crippen molar-refractivity contribution in [1.29, 1.82) is 0 Å². The van der Waals surface area contributed by atoms with Gasteiger partial charge >= 0.3 is 5.97 Å². The van der Waals surface area contributed by atoms with E-state index in [9.17, 15) is 14.0 Å². The van der Waals surface area contributed by atoms with Gasteiger partial charge in [0.2, 0.25) is 5.91 Å². The highest BCUT2D eigenvalue weighted by Gasteiger charge is 2.40. The number of amides is 1. The molecule has 1 unspecified atom stereocenters. The third kappa shape index (κ3) is 2.79. The maximum absolute atomic E-state index is 13.3. The molecule has 0 saturated carbocycles. The molecule has 0 heterocycles. The molecular formula is C12H13ClFNO3. The molecular weight excluding hydrogens is 261 g/mol. The zero-order valence-electron chi connectivity index (χ0n) is 9.96. The van der Waals surface area contributed by atoms with Crippen LogP contribution in [0.1, 0.15) is 12.5 Å². The summed E-state index contributed by atoms with van der Waals surface area (Å²) in [6, 6.07) is 3.96. The maximum Gasteiger partial charge on any atom is 0.319 e. The van der Waals surface area contributed by atoms with Crippen LogP contribution in [0.5, 0.6) is 0 Å². The molecule has 1 atom stereocenters. The first kappa shape index (κ1) is 14.4. The summed E-state index contributed by atoms with van der Waals surface area (Å²) in [5, 5.41) is 11.4. The fourth-order valence-corrected chi connectivity index (χ4v) is 1.70. The van der Waals surface area contributed by atoms with Gasteiger partial charge in [0.05, 0.1) is 5.02 Å². The third-order valence-electron chi connectivity index (χ3n) is 2.74. The van der Waals surface area contributed by atoms with Gasteiger partial charge in [-0.25, -0.2) is 4.39 Å². The molecule has 0 aromatic heterocycles. The lowest BCUT2D eigenvalue weighted by Gasteiger charge is -2.22. The van der Waals surface area contributed by atoms with Gasteiger partial charge in [0.1, 0.15) is 11.2 Å². The maximum atomic E-state index is 13.3. The average Bonchev–Trinajstić information content (AvgIpc) is 2.32. The second kappa shape index (κ2) is 5.35. The second-order valence-electron chi connectivity index (χ2n) is 4.14. The van der Waals surface area contributed by atoms with E-state index in [4.69, 9.17) is 16.7 Å². The summed E-state index contributed by atoms with van der Waals surface area (Å²) in [5.41, 5.74) is -1.25. The van der Waals surface area contributed by atoms with E-state index in [1.807, 2.05) is 0 Å². The first-order valence-corrected chi connectivity index (χ1v) is 5.58. The number of hydrogen-bond donors (Lipinski definition) is 2. The van der Waals surface area contributed by atoms with Gasteiger partial charge in [-0.15, -0.1) is 0 Å². The van der Waals surface area contributed by atoms with Gasteiger partial charge in [-0.05, 0) is 31.0 Å². The van der Waals surface area contributed by atoms with Crippen LogP contribution in [0.25, 0.3) is 0 Å². The normalized spacial score (nSPS) is 13.8. The molecule has 0 radical (unpaired) electrons. The van der Waals surface area contributed by atoms with E-state index in [0.29, 0.717) is 5.56 Å². The number of aliphatic carboxylic acids is 1. The van der Waals surface area contributed by atoms with Crippen molar-refractivity contribution in [2.75, 3.05) is 7.05 Å². The Balaban J connectivity index is 3.08. The molecule has 0 saturated heterocycles. The third-order valence-corrected chi connectivity index (χ3v) is 3.05. The van der Waals surface area contributed by atoms with Crippen LogP contribution in [0.4, 0.5) is 4.39 Å². The first-order chi connectivity index (χ1) is 8.31. The van der Waals surface area contributed by atoms with E-state index < -0.39 is 23.1 Å². The molecule has 1 rings (SSSR count). The van der Waals surface area contributed by atoms with Gasteiger partial charge in [-0.2, -0.15) is 0 Å². The monoisotopic (exact) mass is 273 g/mol. The van der Waals surface area contributed by atoms with Gasteiger partial charge in [0.15, 0.2) is 0 Å². The van der Waals surface area contributed by atoms with Gasteiger partial charge < -0.3 is 10.4 Å². The number of carbonyl (C=O) groups is 2. The molecule has 0 spiro atoms. The van der Waals surface area contributed by atoms with E-state index in [-0.39, 0.29) is 11.4 Å². The molecule has 0 aliphatic rings. The van der Waals surface area contributed by atoms with Crippen LogP contribution >= 0.6 is 11.6 Å². The summed E-state index contributed by atoms with van der Waals surface area (Å²) in [7, 11) is 1.35. The Bertz CT molecular complexity index is 492. The van der Waals surface area contributed by atoms with Crippen LogP contribution in [0, 0.1) is 11.2 Å². The van der Waals surface area contributed by atoms with Crippen molar-refractivity contribution in [2.45, 2.75) is 13.3 Å². The lowest BCUT2D eigenvalue weighted by Crippen LogP contribution is -2.44. The highest BCUT2D eigenvalue weighted by atomic mass is 35.5. The molecule has 1 amide bonds. The van der Waals surface area contributed by atoms with Crippen molar-refractivity contribution in [3.8, 4) is 0 Å². The summed E-state index contributed by atoms with van der Waals surface area (Å²) >= 11 is 5.53. The van der Waals surface area contributed by atoms with E-state index in [2.05, 4.69) is 5.32 Å². The van der Waals surface area contributed by atoms with Crippen molar-refractivity contribution in [2.24, 2.45) is 5.41 Å². The van der Waals surface area contributed by atoms with Crippen molar-refractivity contribution >= 4 is 23.5 Å². The van der Waals surface area contributed by atoms with E-state index in [1.165, 1.54) is 26.1 Å². The largest absolute Gasteiger partial charge is 0.480 e. The lowest BCUT2D eigenvalue weighted by atomic mass is 9.82. The van der Waals surface area contributed by atoms with Gasteiger partial charge in [0, 0.05) is 7.05 Å². The average molecular weight is 274 g/mol. The van der Waals surface area contributed by atoms with Crippen LogP contribution in [0.15, 0.2) is 18.2 Å². The zero-order chi connectivity index (χ0) is 13.9. The summed E-state index contributed by atoms with van der Waals surface area (Å²) in [6.45, 7) is 1.29. The molecule has 0 aliphatic heterocycles. The second-order valence-corrected chi connectivity index (χ2v) is 4.55. The molecule has 98 valence electrons. The Morgan fingerprint density at radius 1 is 1.50 bits per heavy atom. The zero-order valence-corrected chi connectivity index (χ0v) is 10.7. The van der Waals surface area contributed by atoms with Crippen LogP contribution in [0.2, 0.25) is 5.02 Å². The number of hydrogen-bond acceptors (Lipinski definition) is 2. The number of carboxylic acid groups (broad SMARTS) is 1. The topological polar surface area (TPSA) is 66.4 Å². The molecule has 4 nitrogen and oxygen atoms in total. The van der Waals surface area contributed by atoms with Gasteiger partial charge in [-0.1, -0.05) is 17.7 Å². The Morgan fingerprint density at radius 3 is 2.56 bits per heavy atom. The minimum atomic E-state index is -1.64. The van der Waals surface area contributed by atoms with E-state index >= 15 is 0 Å². The number of halogens is 2. The standard InChI is InChI=1S/C12H13ClFNO3/c1-12(11(17)18,10(16)15-2)6-7-3-4-8(13)9(14)5-7/h3-5H,6H2,1-2H3,(H,15,16)(H,17,18). The summed E-state index contributed by atoms with van der Waals surface area (Å²) in [4.78, 5) is 22.8. The quantitative estimate of drug-likeness (QED) is 0.823. The van der Waals surface area contributed by atoms with E-state index in [1.54, 1.807) is 0 Å². The highest BCUT2D eigenvalue weighted by molar-refractivity contribution is 6.30. The number of benzene rings is 1. The Morgan fingerprint density at radius 2 is 2.11 bits per heavy atom. The van der Waals surface area contributed by atoms with Crippen LogP contribution < -0.4 is 5.32 Å². The van der Waals surface area contributed by atoms with Crippen LogP contribution in [0.3, 0.4) is 0 Å². The lowest BCUT2D eigenvalue weighted by molar-refractivity contribution is -0.154. The smallest absolute Gasteiger partial charge is 0.319 e. The van der Waals surface area contributed by atoms with Crippen molar-refractivity contribution in [1.82, 2.24) is 5.32 Å². The van der Waals surface area contributed by atoms with Crippen molar-refractivity contribution in [3.05, 3.63) is 34.6 Å². The molecule has 1 aromatic carbocycles. The minimum absolute atomic E-state index is 0.0456.